The summed E-state index contributed by atoms with van der Waals surface area (Å²) >= 11 is 0. The standard InChI is InChI=1S/C21H23N5O/c27-19-18(7-12-1-2-17-16(6-12)11-22-26-17)23-20(24-19)25-21-8-13-3-14(9-21)5-15(4-13)10-21/h1-2,6-7,11,13-15,27H,3-5,8-10H2,(H2,23,24,25). The van der Waals surface area contributed by atoms with Crippen molar-refractivity contribution in [3.8, 4) is 5.88 Å². The molecule has 0 radical (unpaired) electrons. The number of imidazole rings is 1. The van der Waals surface area contributed by atoms with Crippen molar-refractivity contribution in [1.82, 2.24) is 9.97 Å². The van der Waals surface area contributed by atoms with Crippen molar-refractivity contribution in [3.05, 3.63) is 40.0 Å². The lowest BCUT2D eigenvalue weighted by Gasteiger charge is -2.56. The van der Waals surface area contributed by atoms with Crippen molar-refractivity contribution in [1.29, 1.82) is 0 Å². The molecule has 4 bridgehead atoms. The van der Waals surface area contributed by atoms with Gasteiger partial charge in [0.05, 0.1) is 11.6 Å². The van der Waals surface area contributed by atoms with Crippen LogP contribution in [0.25, 0.3) is 6.08 Å². The summed E-state index contributed by atoms with van der Waals surface area (Å²) in [6.45, 7) is 0. The number of nitrogens with one attached hydrogen (secondary N) is 2. The van der Waals surface area contributed by atoms with Gasteiger partial charge in [0.25, 0.3) is 0 Å². The summed E-state index contributed by atoms with van der Waals surface area (Å²) in [5, 5.41) is 23.9. The fraction of sp³-hybridized carbons (Fsp3) is 0.476. The molecule has 5 aliphatic rings. The van der Waals surface area contributed by atoms with Gasteiger partial charge in [0, 0.05) is 11.1 Å². The normalized spacial score (nSPS) is 33.3. The van der Waals surface area contributed by atoms with Crippen molar-refractivity contribution < 1.29 is 5.11 Å². The van der Waals surface area contributed by atoms with Gasteiger partial charge in [-0.2, -0.15) is 15.2 Å². The zero-order chi connectivity index (χ0) is 18.0. The highest BCUT2D eigenvalue weighted by atomic mass is 16.3. The van der Waals surface area contributed by atoms with E-state index in [1.807, 2.05) is 24.3 Å². The first kappa shape index (κ1) is 15.4. The van der Waals surface area contributed by atoms with Gasteiger partial charge >= 0.3 is 0 Å². The van der Waals surface area contributed by atoms with Gasteiger partial charge in [0.2, 0.25) is 11.8 Å². The molecule has 2 heterocycles. The van der Waals surface area contributed by atoms with E-state index in [0.717, 1.165) is 33.9 Å². The number of aromatic nitrogens is 2. The molecule has 7 rings (SSSR count). The molecule has 1 aromatic carbocycles. The van der Waals surface area contributed by atoms with E-state index < -0.39 is 0 Å². The minimum absolute atomic E-state index is 0.0427. The highest BCUT2D eigenvalue weighted by Crippen LogP contribution is 2.56. The molecular formula is C21H23N5O. The molecule has 4 saturated carbocycles. The van der Waals surface area contributed by atoms with Crippen LogP contribution >= 0.6 is 0 Å². The van der Waals surface area contributed by atoms with Gasteiger partial charge in [0.15, 0.2) is 0 Å². The van der Waals surface area contributed by atoms with Gasteiger partial charge in [-0.05, 0) is 79.7 Å². The van der Waals surface area contributed by atoms with Gasteiger partial charge in [0.1, 0.15) is 5.69 Å². The summed E-state index contributed by atoms with van der Waals surface area (Å²) in [5.41, 5.74) is 1.80. The Morgan fingerprint density at radius 2 is 1.85 bits per heavy atom. The van der Waals surface area contributed by atoms with E-state index in [9.17, 15) is 5.11 Å². The van der Waals surface area contributed by atoms with E-state index in [0.29, 0.717) is 11.6 Å². The Morgan fingerprint density at radius 1 is 1.11 bits per heavy atom. The summed E-state index contributed by atoms with van der Waals surface area (Å²) in [4.78, 5) is 7.66. The van der Waals surface area contributed by atoms with E-state index in [-0.39, 0.29) is 11.4 Å². The Labute approximate surface area is 157 Å². The Kier molecular flexibility index (Phi) is 3.11. The van der Waals surface area contributed by atoms with Crippen LogP contribution in [0.3, 0.4) is 0 Å². The second kappa shape index (κ2) is 5.44. The highest BCUT2D eigenvalue weighted by molar-refractivity contribution is 5.80. The third-order valence-corrected chi connectivity index (χ3v) is 6.86. The minimum Gasteiger partial charge on any atom is -0.492 e. The Morgan fingerprint density at radius 3 is 2.59 bits per heavy atom. The van der Waals surface area contributed by atoms with E-state index in [1.165, 1.54) is 38.5 Å². The number of aromatic amines is 1. The lowest BCUT2D eigenvalue weighted by molar-refractivity contribution is 0.0104. The van der Waals surface area contributed by atoms with Crippen LogP contribution in [0.15, 0.2) is 28.4 Å². The molecule has 3 N–H and O–H groups in total. The molecule has 1 aliphatic heterocycles. The number of benzene rings is 1. The molecule has 2 aromatic rings. The van der Waals surface area contributed by atoms with Crippen LogP contribution < -0.4 is 15.9 Å². The van der Waals surface area contributed by atoms with Crippen LogP contribution in [-0.4, -0.2) is 26.8 Å². The number of H-pyrrole nitrogens is 1. The maximum Gasteiger partial charge on any atom is 0.238 e. The SMILES string of the molecule is Oc1nc(NC23CC4CC(CC(C4)C2)C3)[nH]c1C=c1ccc2c(c1)C=NN=2. The summed E-state index contributed by atoms with van der Waals surface area (Å²) in [7, 11) is 0. The van der Waals surface area contributed by atoms with Gasteiger partial charge < -0.3 is 15.4 Å². The maximum atomic E-state index is 10.3. The lowest BCUT2D eigenvalue weighted by atomic mass is 9.53. The molecule has 6 nitrogen and oxygen atoms in total. The molecule has 4 fully saturated rings. The predicted molar refractivity (Wildman–Crippen MR) is 103 cm³/mol. The van der Waals surface area contributed by atoms with Crippen molar-refractivity contribution in [2.45, 2.75) is 44.1 Å². The molecule has 0 atom stereocenters. The maximum absolute atomic E-state index is 10.3. The number of anilines is 1. The fourth-order valence-corrected chi connectivity index (χ4v) is 6.23. The number of aromatic hydroxyl groups is 1. The van der Waals surface area contributed by atoms with Gasteiger partial charge in [-0.3, -0.25) is 0 Å². The third-order valence-electron chi connectivity index (χ3n) is 6.86. The minimum atomic E-state index is 0.0427. The summed E-state index contributed by atoms with van der Waals surface area (Å²) < 4.78 is 0. The topological polar surface area (TPSA) is 85.7 Å². The van der Waals surface area contributed by atoms with Gasteiger partial charge in [-0.25, -0.2) is 0 Å². The molecule has 1 aromatic heterocycles. The molecule has 0 spiro atoms. The monoisotopic (exact) mass is 361 g/mol. The molecule has 27 heavy (non-hydrogen) atoms. The van der Waals surface area contributed by atoms with E-state index in [1.54, 1.807) is 6.21 Å². The molecule has 0 unspecified atom stereocenters. The van der Waals surface area contributed by atoms with E-state index in [2.05, 4.69) is 25.5 Å². The van der Waals surface area contributed by atoms with E-state index >= 15 is 0 Å². The summed E-state index contributed by atoms with van der Waals surface area (Å²) in [6, 6.07) is 5.93. The zero-order valence-corrected chi connectivity index (χ0v) is 15.2. The van der Waals surface area contributed by atoms with Crippen molar-refractivity contribution >= 4 is 18.2 Å². The molecule has 138 valence electrons. The van der Waals surface area contributed by atoms with Crippen molar-refractivity contribution in [3.63, 3.8) is 0 Å². The smallest absolute Gasteiger partial charge is 0.238 e. The molecular weight excluding hydrogens is 338 g/mol. The van der Waals surface area contributed by atoms with Crippen LogP contribution in [-0.2, 0) is 0 Å². The van der Waals surface area contributed by atoms with Crippen LogP contribution in [0, 0.1) is 17.8 Å². The Balaban J connectivity index is 1.30. The Bertz CT molecular complexity index is 1030. The summed E-state index contributed by atoms with van der Waals surface area (Å²) in [6.07, 6.45) is 11.6. The van der Waals surface area contributed by atoms with Crippen molar-refractivity contribution in [2.75, 3.05) is 5.32 Å². The van der Waals surface area contributed by atoms with Gasteiger partial charge in [-0.1, -0.05) is 6.07 Å². The number of fused-ring (bicyclic) bond motifs is 1. The van der Waals surface area contributed by atoms with Gasteiger partial charge in [-0.15, -0.1) is 0 Å². The van der Waals surface area contributed by atoms with E-state index in [4.69, 9.17) is 0 Å². The third kappa shape index (κ3) is 2.58. The predicted octanol–water partition coefficient (Wildman–Crippen LogP) is 2.29. The van der Waals surface area contributed by atoms with Crippen molar-refractivity contribution in [2.24, 2.45) is 28.0 Å². The first-order valence-electron chi connectivity index (χ1n) is 9.94. The first-order chi connectivity index (χ1) is 13.1. The lowest BCUT2D eigenvalue weighted by Crippen LogP contribution is -2.54. The highest BCUT2D eigenvalue weighted by Gasteiger charge is 2.51. The van der Waals surface area contributed by atoms with Crippen LogP contribution in [0.5, 0.6) is 5.88 Å². The molecule has 0 amide bonds. The average Bonchev–Trinajstić information content (AvgIpc) is 3.19. The first-order valence-corrected chi connectivity index (χ1v) is 9.94. The number of rotatable bonds is 3. The Hall–Kier alpha value is -2.63. The molecule has 6 heteroatoms. The second-order valence-corrected chi connectivity index (χ2v) is 8.95. The second-order valence-electron chi connectivity index (χ2n) is 8.95. The summed E-state index contributed by atoms with van der Waals surface area (Å²) in [5.74, 6) is 3.35. The van der Waals surface area contributed by atoms with Crippen LogP contribution in [0.4, 0.5) is 5.95 Å². The quantitative estimate of drug-likeness (QED) is 0.784. The van der Waals surface area contributed by atoms with Crippen LogP contribution in [0.2, 0.25) is 0 Å². The number of nitrogens with zero attached hydrogens (tertiary/aromatic N) is 3. The molecule has 4 aliphatic carbocycles. The number of hydrogen-bond donors (Lipinski definition) is 3. The molecule has 0 saturated heterocycles. The number of hydrogen-bond acceptors (Lipinski definition) is 5. The average molecular weight is 361 g/mol. The zero-order valence-electron chi connectivity index (χ0n) is 15.2. The van der Waals surface area contributed by atoms with Crippen LogP contribution in [0.1, 0.15) is 49.8 Å². The largest absolute Gasteiger partial charge is 0.492 e. The fourth-order valence-electron chi connectivity index (χ4n) is 6.23.